The van der Waals surface area contributed by atoms with E-state index in [1.54, 1.807) is 0 Å². The molecule has 5 heteroatoms. The van der Waals surface area contributed by atoms with Crippen molar-refractivity contribution >= 4 is 0 Å². The molecule has 17 heavy (non-hydrogen) atoms. The highest BCUT2D eigenvalue weighted by molar-refractivity contribution is 4.90. The number of rotatable bonds is 7. The van der Waals surface area contributed by atoms with Crippen LogP contribution in [0.15, 0.2) is 4.52 Å². The summed E-state index contributed by atoms with van der Waals surface area (Å²) in [5, 5.41) is 7.30. The van der Waals surface area contributed by atoms with Gasteiger partial charge in [0.1, 0.15) is 0 Å². The predicted octanol–water partition coefficient (Wildman–Crippen LogP) is 1.21. The van der Waals surface area contributed by atoms with Gasteiger partial charge in [-0.3, -0.25) is 4.90 Å². The molecule has 96 valence electrons. The van der Waals surface area contributed by atoms with Crippen molar-refractivity contribution in [2.75, 3.05) is 19.6 Å². The van der Waals surface area contributed by atoms with E-state index in [0.29, 0.717) is 6.04 Å². The molecule has 0 atom stereocenters. The molecule has 1 aromatic rings. The van der Waals surface area contributed by atoms with E-state index in [1.165, 1.54) is 0 Å². The molecule has 0 radical (unpaired) electrons. The minimum Gasteiger partial charge on any atom is -0.338 e. The van der Waals surface area contributed by atoms with E-state index in [0.717, 1.165) is 57.2 Å². The van der Waals surface area contributed by atoms with Gasteiger partial charge in [-0.15, -0.1) is 0 Å². The molecule has 1 fully saturated rings. The molecule has 1 aromatic heterocycles. The van der Waals surface area contributed by atoms with Crippen molar-refractivity contribution in [3.63, 3.8) is 0 Å². The lowest BCUT2D eigenvalue weighted by Crippen LogP contribution is -2.57. The van der Waals surface area contributed by atoms with Crippen LogP contribution in [-0.2, 0) is 13.0 Å². The van der Waals surface area contributed by atoms with E-state index >= 15 is 0 Å². The van der Waals surface area contributed by atoms with Gasteiger partial charge in [0.05, 0.1) is 6.54 Å². The van der Waals surface area contributed by atoms with Crippen LogP contribution < -0.4 is 5.32 Å². The quantitative estimate of drug-likeness (QED) is 0.773. The Morgan fingerprint density at radius 2 is 2.18 bits per heavy atom. The Morgan fingerprint density at radius 3 is 2.76 bits per heavy atom. The van der Waals surface area contributed by atoms with Crippen molar-refractivity contribution in [1.29, 1.82) is 0 Å². The van der Waals surface area contributed by atoms with Crippen LogP contribution in [0.25, 0.3) is 0 Å². The fraction of sp³-hybridized carbons (Fsp3) is 0.833. The second-order valence-electron chi connectivity index (χ2n) is 4.64. The van der Waals surface area contributed by atoms with Crippen LogP contribution in [0.1, 0.15) is 38.4 Å². The van der Waals surface area contributed by atoms with Gasteiger partial charge in [-0.25, -0.2) is 0 Å². The van der Waals surface area contributed by atoms with E-state index in [9.17, 15) is 0 Å². The highest BCUT2D eigenvalue weighted by atomic mass is 16.5. The topological polar surface area (TPSA) is 54.2 Å². The maximum Gasteiger partial charge on any atom is 0.240 e. The zero-order valence-electron chi connectivity index (χ0n) is 10.8. The average molecular weight is 238 g/mol. The summed E-state index contributed by atoms with van der Waals surface area (Å²) < 4.78 is 5.29. The van der Waals surface area contributed by atoms with Crippen LogP contribution >= 0.6 is 0 Å². The standard InChI is InChI=1S/C12H22N4O/c1-3-5-11-14-12(17-15-11)9-16(6-4-2)10-7-13-8-10/h10,13H,3-9H2,1-2H3. The largest absolute Gasteiger partial charge is 0.338 e. The summed E-state index contributed by atoms with van der Waals surface area (Å²) in [5.74, 6) is 1.60. The average Bonchev–Trinajstić information content (AvgIpc) is 2.64. The second-order valence-corrected chi connectivity index (χ2v) is 4.64. The van der Waals surface area contributed by atoms with E-state index in [-0.39, 0.29) is 0 Å². The fourth-order valence-corrected chi connectivity index (χ4v) is 2.06. The lowest BCUT2D eigenvalue weighted by atomic mass is 10.1. The second kappa shape index (κ2) is 6.12. The van der Waals surface area contributed by atoms with Crippen molar-refractivity contribution < 1.29 is 4.52 Å². The number of nitrogens with one attached hydrogen (secondary N) is 1. The minimum absolute atomic E-state index is 0.636. The number of hydrogen-bond donors (Lipinski definition) is 1. The van der Waals surface area contributed by atoms with Gasteiger partial charge in [-0.05, 0) is 19.4 Å². The zero-order chi connectivity index (χ0) is 12.1. The fourth-order valence-electron chi connectivity index (χ4n) is 2.06. The van der Waals surface area contributed by atoms with Crippen LogP contribution in [-0.4, -0.2) is 40.7 Å². The molecule has 1 aliphatic rings. The van der Waals surface area contributed by atoms with E-state index in [1.807, 2.05) is 0 Å². The third-order valence-corrected chi connectivity index (χ3v) is 3.11. The lowest BCUT2D eigenvalue weighted by molar-refractivity contribution is 0.122. The van der Waals surface area contributed by atoms with Crippen molar-refractivity contribution in [2.45, 2.75) is 45.7 Å². The summed E-state index contributed by atoms with van der Waals surface area (Å²) >= 11 is 0. The summed E-state index contributed by atoms with van der Waals surface area (Å²) in [5.41, 5.74) is 0. The Labute approximate surface area is 103 Å². The van der Waals surface area contributed by atoms with Gasteiger partial charge in [0, 0.05) is 25.6 Å². The molecule has 0 spiro atoms. The van der Waals surface area contributed by atoms with Gasteiger partial charge in [0.25, 0.3) is 0 Å². The molecule has 0 saturated carbocycles. The van der Waals surface area contributed by atoms with E-state index in [4.69, 9.17) is 4.52 Å². The zero-order valence-corrected chi connectivity index (χ0v) is 10.8. The molecule has 5 nitrogen and oxygen atoms in total. The highest BCUT2D eigenvalue weighted by Gasteiger charge is 2.25. The smallest absolute Gasteiger partial charge is 0.240 e. The molecule has 2 heterocycles. The minimum atomic E-state index is 0.636. The predicted molar refractivity (Wildman–Crippen MR) is 65.7 cm³/mol. The summed E-state index contributed by atoms with van der Waals surface area (Å²) in [4.78, 5) is 6.85. The molecular formula is C12H22N4O. The maximum absolute atomic E-state index is 5.29. The Bertz CT molecular complexity index is 335. The van der Waals surface area contributed by atoms with Crippen molar-refractivity contribution in [3.8, 4) is 0 Å². The first-order valence-electron chi connectivity index (χ1n) is 6.59. The molecule has 0 aromatic carbocycles. The number of nitrogens with zero attached hydrogens (tertiary/aromatic N) is 3. The van der Waals surface area contributed by atoms with Crippen LogP contribution in [0.4, 0.5) is 0 Å². The molecule has 2 rings (SSSR count). The SMILES string of the molecule is CCCc1noc(CN(CCC)C2CNC2)n1. The van der Waals surface area contributed by atoms with Crippen molar-refractivity contribution in [1.82, 2.24) is 20.4 Å². The third kappa shape index (κ3) is 3.26. The van der Waals surface area contributed by atoms with E-state index in [2.05, 4.69) is 34.2 Å². The molecule has 1 N–H and O–H groups in total. The Kier molecular flexibility index (Phi) is 4.50. The maximum atomic E-state index is 5.29. The van der Waals surface area contributed by atoms with Crippen LogP contribution in [0.5, 0.6) is 0 Å². The van der Waals surface area contributed by atoms with Crippen molar-refractivity contribution in [3.05, 3.63) is 11.7 Å². The van der Waals surface area contributed by atoms with Crippen LogP contribution in [0.2, 0.25) is 0 Å². The van der Waals surface area contributed by atoms with Crippen LogP contribution in [0, 0.1) is 0 Å². The summed E-state index contributed by atoms with van der Waals surface area (Å²) in [7, 11) is 0. The Hall–Kier alpha value is -0.940. The monoisotopic (exact) mass is 238 g/mol. The van der Waals surface area contributed by atoms with Crippen molar-refractivity contribution in [2.24, 2.45) is 0 Å². The van der Waals surface area contributed by atoms with Gasteiger partial charge >= 0.3 is 0 Å². The molecule has 1 saturated heterocycles. The first-order valence-corrected chi connectivity index (χ1v) is 6.59. The van der Waals surface area contributed by atoms with Gasteiger partial charge in [0.2, 0.25) is 5.89 Å². The highest BCUT2D eigenvalue weighted by Crippen LogP contribution is 2.11. The normalized spacial score (nSPS) is 16.4. The lowest BCUT2D eigenvalue weighted by Gasteiger charge is -2.37. The van der Waals surface area contributed by atoms with Gasteiger partial charge in [-0.1, -0.05) is 19.0 Å². The Balaban J connectivity index is 1.90. The first kappa shape index (κ1) is 12.5. The molecule has 0 aliphatic carbocycles. The van der Waals surface area contributed by atoms with E-state index < -0.39 is 0 Å². The molecule has 1 aliphatic heterocycles. The van der Waals surface area contributed by atoms with Gasteiger partial charge < -0.3 is 9.84 Å². The van der Waals surface area contributed by atoms with Gasteiger partial charge in [-0.2, -0.15) is 4.98 Å². The third-order valence-electron chi connectivity index (χ3n) is 3.11. The van der Waals surface area contributed by atoms with Crippen LogP contribution in [0.3, 0.4) is 0 Å². The number of hydrogen-bond acceptors (Lipinski definition) is 5. The molecular weight excluding hydrogens is 216 g/mol. The summed E-state index contributed by atoms with van der Waals surface area (Å²) in [6, 6.07) is 0.636. The molecule has 0 amide bonds. The number of aromatic nitrogens is 2. The summed E-state index contributed by atoms with van der Waals surface area (Å²) in [6.07, 6.45) is 3.12. The Morgan fingerprint density at radius 1 is 1.35 bits per heavy atom. The molecule has 0 bridgehead atoms. The molecule has 0 unspecified atom stereocenters. The summed E-state index contributed by atoms with van der Waals surface area (Å²) in [6.45, 7) is 8.37. The number of aryl methyl sites for hydroxylation is 1. The first-order chi connectivity index (χ1) is 8.33. The van der Waals surface area contributed by atoms with Gasteiger partial charge in [0.15, 0.2) is 5.82 Å².